The summed E-state index contributed by atoms with van der Waals surface area (Å²) in [6, 6.07) is 18.3. The van der Waals surface area contributed by atoms with Crippen LogP contribution in [0.4, 0.5) is 0 Å². The molecule has 1 heterocycles. The highest BCUT2D eigenvalue weighted by Crippen LogP contribution is 2.31. The smallest absolute Gasteiger partial charge is 0.254 e. The lowest BCUT2D eigenvalue weighted by molar-refractivity contribution is 0.0681. The van der Waals surface area contributed by atoms with Crippen LogP contribution < -0.4 is 5.73 Å². The largest absolute Gasteiger partial charge is 0.332 e. The Balaban J connectivity index is 1.87. The predicted octanol–water partition coefficient (Wildman–Crippen LogP) is 3.90. The molecule has 1 unspecified atom stereocenters. The third-order valence-corrected chi connectivity index (χ3v) is 4.63. The standard InChI is InChI=1S/C20H24N2O/c21-15-16-10-12-18(13-11-16)20(23)22-14-6-2-5-9-19(22)17-7-3-1-4-8-17/h1,3-4,7-8,10-13,19H,2,5-6,9,14-15,21H2. The first kappa shape index (κ1) is 15.8. The van der Waals surface area contributed by atoms with Crippen LogP contribution in [0.5, 0.6) is 0 Å². The van der Waals surface area contributed by atoms with E-state index in [-0.39, 0.29) is 11.9 Å². The molecule has 2 aromatic rings. The zero-order chi connectivity index (χ0) is 16.1. The average Bonchev–Trinajstić information content (AvgIpc) is 2.88. The van der Waals surface area contributed by atoms with Gasteiger partial charge >= 0.3 is 0 Å². The van der Waals surface area contributed by atoms with Crippen molar-refractivity contribution < 1.29 is 4.79 Å². The summed E-state index contributed by atoms with van der Waals surface area (Å²) in [4.78, 5) is 15.1. The summed E-state index contributed by atoms with van der Waals surface area (Å²) in [6.45, 7) is 1.34. The zero-order valence-corrected chi connectivity index (χ0v) is 13.4. The summed E-state index contributed by atoms with van der Waals surface area (Å²) in [5.74, 6) is 0.129. The third kappa shape index (κ3) is 3.62. The van der Waals surface area contributed by atoms with Gasteiger partial charge < -0.3 is 10.6 Å². The lowest BCUT2D eigenvalue weighted by Gasteiger charge is -2.30. The fourth-order valence-corrected chi connectivity index (χ4v) is 3.32. The van der Waals surface area contributed by atoms with Crippen LogP contribution in [0.1, 0.15) is 53.2 Å². The second-order valence-corrected chi connectivity index (χ2v) is 6.18. The van der Waals surface area contributed by atoms with E-state index in [1.807, 2.05) is 30.3 Å². The Labute approximate surface area is 138 Å². The van der Waals surface area contributed by atoms with Crippen LogP contribution in [0.2, 0.25) is 0 Å². The van der Waals surface area contributed by atoms with Crippen molar-refractivity contribution in [3.63, 3.8) is 0 Å². The van der Waals surface area contributed by atoms with Crippen molar-refractivity contribution in [2.24, 2.45) is 5.73 Å². The van der Waals surface area contributed by atoms with Gasteiger partial charge in [0.15, 0.2) is 0 Å². The average molecular weight is 308 g/mol. The number of hydrogen-bond acceptors (Lipinski definition) is 2. The van der Waals surface area contributed by atoms with Gasteiger partial charge in [-0.05, 0) is 36.1 Å². The number of rotatable bonds is 3. The Bertz CT molecular complexity index is 636. The SMILES string of the molecule is NCc1ccc(C(=O)N2CCCCCC2c2ccccc2)cc1. The van der Waals surface area contributed by atoms with Crippen LogP contribution in [0.15, 0.2) is 54.6 Å². The van der Waals surface area contributed by atoms with Gasteiger partial charge in [-0.25, -0.2) is 0 Å². The molecule has 1 saturated heterocycles. The Morgan fingerprint density at radius 1 is 1.00 bits per heavy atom. The molecule has 3 heteroatoms. The number of hydrogen-bond donors (Lipinski definition) is 1. The second-order valence-electron chi connectivity index (χ2n) is 6.18. The van der Waals surface area contributed by atoms with E-state index in [9.17, 15) is 4.79 Å². The maximum absolute atomic E-state index is 13.0. The molecule has 0 bridgehead atoms. The summed E-state index contributed by atoms with van der Waals surface area (Å²) in [7, 11) is 0. The van der Waals surface area contributed by atoms with Crippen molar-refractivity contribution in [3.05, 3.63) is 71.3 Å². The van der Waals surface area contributed by atoms with Gasteiger partial charge in [-0.3, -0.25) is 4.79 Å². The van der Waals surface area contributed by atoms with E-state index < -0.39 is 0 Å². The van der Waals surface area contributed by atoms with Crippen molar-refractivity contribution in [2.45, 2.75) is 38.3 Å². The van der Waals surface area contributed by atoms with Gasteiger partial charge in [-0.1, -0.05) is 55.3 Å². The molecule has 0 radical (unpaired) electrons. The number of amides is 1. The van der Waals surface area contributed by atoms with E-state index in [2.05, 4.69) is 29.2 Å². The molecule has 2 aromatic carbocycles. The minimum absolute atomic E-state index is 0.129. The van der Waals surface area contributed by atoms with Gasteiger partial charge in [0, 0.05) is 18.7 Å². The summed E-state index contributed by atoms with van der Waals surface area (Å²) in [5.41, 5.74) is 8.69. The minimum Gasteiger partial charge on any atom is -0.332 e. The highest BCUT2D eigenvalue weighted by atomic mass is 16.2. The molecule has 120 valence electrons. The molecular weight excluding hydrogens is 284 g/mol. The monoisotopic (exact) mass is 308 g/mol. The molecule has 2 N–H and O–H groups in total. The highest BCUT2D eigenvalue weighted by molar-refractivity contribution is 5.94. The van der Waals surface area contributed by atoms with Crippen LogP contribution >= 0.6 is 0 Å². The minimum atomic E-state index is 0.129. The predicted molar refractivity (Wildman–Crippen MR) is 93.0 cm³/mol. The lowest BCUT2D eigenvalue weighted by atomic mass is 10.00. The Morgan fingerprint density at radius 3 is 2.43 bits per heavy atom. The first-order chi connectivity index (χ1) is 11.3. The molecule has 1 aliphatic heterocycles. The molecule has 0 aliphatic carbocycles. The summed E-state index contributed by atoms with van der Waals surface area (Å²) >= 11 is 0. The Morgan fingerprint density at radius 2 is 1.74 bits per heavy atom. The van der Waals surface area contributed by atoms with Crippen molar-refractivity contribution in [1.82, 2.24) is 4.90 Å². The van der Waals surface area contributed by atoms with Crippen molar-refractivity contribution >= 4 is 5.91 Å². The van der Waals surface area contributed by atoms with E-state index in [4.69, 9.17) is 5.73 Å². The fourth-order valence-electron chi connectivity index (χ4n) is 3.32. The summed E-state index contributed by atoms with van der Waals surface area (Å²) in [5, 5.41) is 0. The summed E-state index contributed by atoms with van der Waals surface area (Å²) in [6.07, 6.45) is 4.49. The normalized spacial score (nSPS) is 18.5. The topological polar surface area (TPSA) is 46.3 Å². The van der Waals surface area contributed by atoms with E-state index in [0.29, 0.717) is 6.54 Å². The Kier molecular flexibility index (Phi) is 5.09. The maximum Gasteiger partial charge on any atom is 0.254 e. The molecule has 1 aliphatic rings. The van der Waals surface area contributed by atoms with E-state index in [0.717, 1.165) is 30.5 Å². The molecule has 3 rings (SSSR count). The summed E-state index contributed by atoms with van der Waals surface area (Å²) < 4.78 is 0. The first-order valence-electron chi connectivity index (χ1n) is 8.44. The van der Waals surface area contributed by atoms with Gasteiger partial charge in [-0.15, -0.1) is 0 Å². The van der Waals surface area contributed by atoms with Crippen molar-refractivity contribution in [1.29, 1.82) is 0 Å². The third-order valence-electron chi connectivity index (χ3n) is 4.63. The van der Waals surface area contributed by atoms with Gasteiger partial charge in [0.1, 0.15) is 0 Å². The molecule has 0 spiro atoms. The molecule has 0 aromatic heterocycles. The molecule has 23 heavy (non-hydrogen) atoms. The van der Waals surface area contributed by atoms with Gasteiger partial charge in [0.05, 0.1) is 6.04 Å². The van der Waals surface area contributed by atoms with Crippen molar-refractivity contribution in [2.75, 3.05) is 6.54 Å². The van der Waals surface area contributed by atoms with Crippen LogP contribution in [-0.4, -0.2) is 17.4 Å². The number of nitrogens with zero attached hydrogens (tertiary/aromatic N) is 1. The number of nitrogens with two attached hydrogens (primary N) is 1. The maximum atomic E-state index is 13.0. The van der Waals surface area contributed by atoms with E-state index in [1.54, 1.807) is 0 Å². The molecular formula is C20H24N2O. The number of carbonyl (C=O) groups is 1. The van der Waals surface area contributed by atoms with Crippen molar-refractivity contribution in [3.8, 4) is 0 Å². The number of likely N-dealkylation sites (tertiary alicyclic amines) is 1. The second kappa shape index (κ2) is 7.42. The quantitative estimate of drug-likeness (QED) is 0.934. The van der Waals surface area contributed by atoms with Crippen LogP contribution in [0.25, 0.3) is 0 Å². The Hall–Kier alpha value is -2.13. The van der Waals surface area contributed by atoms with Crippen LogP contribution in [-0.2, 0) is 6.54 Å². The molecule has 1 amide bonds. The van der Waals surface area contributed by atoms with Gasteiger partial charge in [-0.2, -0.15) is 0 Å². The van der Waals surface area contributed by atoms with Crippen LogP contribution in [0, 0.1) is 0 Å². The first-order valence-corrected chi connectivity index (χ1v) is 8.44. The number of carbonyl (C=O) groups excluding carboxylic acids is 1. The molecule has 1 atom stereocenters. The lowest BCUT2D eigenvalue weighted by Crippen LogP contribution is -2.34. The van der Waals surface area contributed by atoms with Gasteiger partial charge in [0.25, 0.3) is 5.91 Å². The molecule has 0 saturated carbocycles. The number of benzene rings is 2. The zero-order valence-electron chi connectivity index (χ0n) is 13.4. The molecule has 3 nitrogen and oxygen atoms in total. The highest BCUT2D eigenvalue weighted by Gasteiger charge is 2.27. The van der Waals surface area contributed by atoms with Crippen LogP contribution in [0.3, 0.4) is 0 Å². The van der Waals surface area contributed by atoms with Gasteiger partial charge in [0.2, 0.25) is 0 Å². The molecule has 1 fully saturated rings. The fraction of sp³-hybridized carbons (Fsp3) is 0.350. The van der Waals surface area contributed by atoms with E-state index in [1.165, 1.54) is 18.4 Å². The van der Waals surface area contributed by atoms with E-state index >= 15 is 0 Å².